The first kappa shape index (κ1) is 13.5. The Labute approximate surface area is 113 Å². The van der Waals surface area contributed by atoms with Crippen molar-refractivity contribution < 1.29 is 4.48 Å². The first-order chi connectivity index (χ1) is 7.68. The van der Waals surface area contributed by atoms with Crippen LogP contribution in [0.3, 0.4) is 0 Å². The van der Waals surface area contributed by atoms with Crippen LogP contribution in [-0.2, 0) is 6.54 Å². The van der Waals surface area contributed by atoms with Crippen molar-refractivity contribution in [2.45, 2.75) is 24.4 Å². The van der Waals surface area contributed by atoms with Crippen molar-refractivity contribution in [3.8, 4) is 12.3 Å². The summed E-state index contributed by atoms with van der Waals surface area (Å²) in [6.45, 7) is 7.60. The van der Waals surface area contributed by atoms with Crippen LogP contribution in [0.4, 0.5) is 0 Å². The van der Waals surface area contributed by atoms with Gasteiger partial charge in [-0.3, -0.25) is 4.48 Å². The topological polar surface area (TPSA) is 0 Å². The van der Waals surface area contributed by atoms with E-state index in [1.807, 2.05) is 0 Å². The molecule has 16 heavy (non-hydrogen) atoms. The molecule has 0 bridgehead atoms. The summed E-state index contributed by atoms with van der Waals surface area (Å²) in [5, 5.41) is 0. The van der Waals surface area contributed by atoms with Gasteiger partial charge in [0.15, 0.2) is 0 Å². The van der Waals surface area contributed by atoms with Crippen LogP contribution in [0.15, 0.2) is 30.3 Å². The third-order valence-electron chi connectivity index (χ3n) is 3.22. The predicted octanol–water partition coefficient (Wildman–Crippen LogP) is 3.44. The maximum atomic E-state index is 5.59. The molecule has 0 amide bonds. The lowest BCUT2D eigenvalue weighted by Gasteiger charge is -2.38. The van der Waals surface area contributed by atoms with E-state index < -0.39 is 0 Å². The Morgan fingerprint density at radius 2 is 1.81 bits per heavy atom. The summed E-state index contributed by atoms with van der Waals surface area (Å²) in [6.07, 6.45) is 5.59. The van der Waals surface area contributed by atoms with Crippen LogP contribution in [0.2, 0.25) is 0 Å². The molecule has 1 aromatic carbocycles. The third kappa shape index (κ3) is 2.99. The van der Waals surface area contributed by atoms with E-state index in [1.54, 1.807) is 0 Å². The number of halogens is 1. The van der Waals surface area contributed by atoms with Gasteiger partial charge in [-0.2, -0.15) is 0 Å². The lowest BCUT2D eigenvalue weighted by Crippen LogP contribution is -2.51. The molecule has 1 rings (SSSR count). The first-order valence-electron chi connectivity index (χ1n) is 5.68. The largest absolute Gasteiger partial charge is 0.300 e. The Balaban J connectivity index is 2.92. The summed E-state index contributed by atoms with van der Waals surface area (Å²) in [4.78, 5) is 0. The van der Waals surface area contributed by atoms with E-state index in [1.165, 1.54) is 5.56 Å². The van der Waals surface area contributed by atoms with E-state index in [-0.39, 0.29) is 4.05 Å². The van der Waals surface area contributed by atoms with Gasteiger partial charge in [0.1, 0.15) is 6.54 Å². The maximum absolute atomic E-state index is 5.59. The highest BCUT2D eigenvalue weighted by Crippen LogP contribution is 2.23. The van der Waals surface area contributed by atoms with Crippen LogP contribution >= 0.6 is 22.6 Å². The fraction of sp³-hybridized carbons (Fsp3) is 0.429. The molecule has 0 saturated carbocycles. The Morgan fingerprint density at radius 1 is 1.25 bits per heavy atom. The quantitative estimate of drug-likeness (QED) is 0.255. The minimum absolute atomic E-state index is 0.243. The van der Waals surface area contributed by atoms with E-state index in [4.69, 9.17) is 6.42 Å². The Kier molecular flexibility index (Phi) is 5.30. The van der Waals surface area contributed by atoms with Gasteiger partial charge in [0.2, 0.25) is 4.05 Å². The van der Waals surface area contributed by atoms with Crippen LogP contribution in [0.25, 0.3) is 0 Å². The second-order valence-electron chi connectivity index (χ2n) is 4.00. The summed E-state index contributed by atoms with van der Waals surface area (Å²) in [6, 6.07) is 10.6. The SMILES string of the molecule is C#CC(I)[N+](CC)(CC)Cc1ccccc1. The summed E-state index contributed by atoms with van der Waals surface area (Å²) >= 11 is 2.38. The summed E-state index contributed by atoms with van der Waals surface area (Å²) in [5.74, 6) is 2.89. The van der Waals surface area contributed by atoms with Crippen LogP contribution in [-0.4, -0.2) is 21.6 Å². The maximum Gasteiger partial charge on any atom is 0.200 e. The molecule has 0 heterocycles. The molecule has 0 aliphatic carbocycles. The average molecular weight is 328 g/mol. The zero-order valence-electron chi connectivity index (χ0n) is 9.99. The molecular formula is C14H19IN+. The highest BCUT2D eigenvalue weighted by molar-refractivity contribution is 14.1. The van der Waals surface area contributed by atoms with Crippen molar-refractivity contribution in [3.63, 3.8) is 0 Å². The van der Waals surface area contributed by atoms with Gasteiger partial charge in [-0.1, -0.05) is 30.3 Å². The molecule has 86 valence electrons. The molecule has 2 heteroatoms. The molecule has 0 saturated heterocycles. The van der Waals surface area contributed by atoms with Gasteiger partial charge in [0, 0.05) is 28.2 Å². The van der Waals surface area contributed by atoms with Gasteiger partial charge in [-0.25, -0.2) is 0 Å². The average Bonchev–Trinajstić information content (AvgIpc) is 2.36. The number of hydrogen-bond donors (Lipinski definition) is 0. The van der Waals surface area contributed by atoms with Crippen LogP contribution in [0, 0.1) is 12.3 Å². The Hall–Kier alpha value is -0.530. The van der Waals surface area contributed by atoms with Crippen LogP contribution in [0.1, 0.15) is 19.4 Å². The number of terminal acetylenes is 1. The first-order valence-corrected chi connectivity index (χ1v) is 6.93. The fourth-order valence-corrected chi connectivity index (χ4v) is 2.94. The smallest absolute Gasteiger partial charge is 0.200 e. The molecule has 0 aliphatic heterocycles. The van der Waals surface area contributed by atoms with Crippen molar-refractivity contribution in [1.82, 2.24) is 0 Å². The zero-order valence-corrected chi connectivity index (χ0v) is 12.1. The number of quaternary nitrogens is 1. The molecule has 0 aliphatic rings. The second kappa shape index (κ2) is 6.27. The van der Waals surface area contributed by atoms with E-state index in [2.05, 4.69) is 72.7 Å². The molecule has 0 fully saturated rings. The molecule has 0 radical (unpaired) electrons. The normalized spacial score (nSPS) is 13.1. The Bertz CT molecular complexity index is 349. The summed E-state index contributed by atoms with van der Waals surface area (Å²) in [7, 11) is 0. The monoisotopic (exact) mass is 328 g/mol. The molecule has 1 nitrogen and oxygen atoms in total. The number of hydrogen-bond acceptors (Lipinski definition) is 0. The number of alkyl halides is 1. The van der Waals surface area contributed by atoms with Gasteiger partial charge >= 0.3 is 0 Å². The zero-order chi connectivity index (χ0) is 12.0. The molecule has 0 N–H and O–H groups in total. The number of rotatable bonds is 5. The molecule has 1 atom stereocenters. The lowest BCUT2D eigenvalue weighted by atomic mass is 10.2. The standard InChI is InChI=1S/C14H19IN/c1-4-14(15)16(5-2,6-3)12-13-10-8-7-9-11-13/h1,7-11,14H,5-6,12H2,2-3H3/q+1. The van der Waals surface area contributed by atoms with Gasteiger partial charge in [-0.05, 0) is 19.8 Å². The minimum atomic E-state index is 0.243. The molecule has 1 unspecified atom stereocenters. The third-order valence-corrected chi connectivity index (χ3v) is 4.76. The van der Waals surface area contributed by atoms with Crippen molar-refractivity contribution >= 4 is 22.6 Å². The highest BCUT2D eigenvalue weighted by Gasteiger charge is 2.30. The van der Waals surface area contributed by atoms with Crippen LogP contribution < -0.4 is 0 Å². The molecule has 0 spiro atoms. The van der Waals surface area contributed by atoms with Crippen molar-refractivity contribution in [3.05, 3.63) is 35.9 Å². The van der Waals surface area contributed by atoms with Gasteiger partial charge in [0.25, 0.3) is 0 Å². The lowest BCUT2D eigenvalue weighted by molar-refractivity contribution is -0.936. The van der Waals surface area contributed by atoms with Gasteiger partial charge in [0.05, 0.1) is 13.1 Å². The molecular weight excluding hydrogens is 309 g/mol. The second-order valence-corrected chi connectivity index (χ2v) is 5.18. The van der Waals surface area contributed by atoms with Gasteiger partial charge < -0.3 is 0 Å². The molecule has 1 aromatic rings. The number of benzene rings is 1. The van der Waals surface area contributed by atoms with Crippen molar-refractivity contribution in [2.24, 2.45) is 0 Å². The van der Waals surface area contributed by atoms with E-state index in [9.17, 15) is 0 Å². The Morgan fingerprint density at radius 3 is 2.25 bits per heavy atom. The highest BCUT2D eigenvalue weighted by atomic mass is 127. The minimum Gasteiger partial charge on any atom is -0.300 e. The van der Waals surface area contributed by atoms with Gasteiger partial charge in [-0.15, -0.1) is 6.42 Å². The van der Waals surface area contributed by atoms with E-state index >= 15 is 0 Å². The van der Waals surface area contributed by atoms with Crippen molar-refractivity contribution in [1.29, 1.82) is 0 Å². The molecule has 0 aromatic heterocycles. The number of nitrogens with zero attached hydrogens (tertiary/aromatic N) is 1. The van der Waals surface area contributed by atoms with E-state index in [0.717, 1.165) is 24.1 Å². The van der Waals surface area contributed by atoms with Crippen molar-refractivity contribution in [2.75, 3.05) is 13.1 Å². The van der Waals surface area contributed by atoms with Crippen LogP contribution in [0.5, 0.6) is 0 Å². The summed E-state index contributed by atoms with van der Waals surface area (Å²) in [5.41, 5.74) is 1.36. The fourth-order valence-electron chi connectivity index (χ4n) is 1.95. The predicted molar refractivity (Wildman–Crippen MR) is 78.1 cm³/mol. The summed E-state index contributed by atoms with van der Waals surface area (Å²) < 4.78 is 1.20. The van der Waals surface area contributed by atoms with E-state index in [0.29, 0.717) is 0 Å².